The van der Waals surface area contributed by atoms with Crippen LogP contribution in [0.5, 0.6) is 5.75 Å². The van der Waals surface area contributed by atoms with Crippen LogP contribution in [0.4, 0.5) is 0 Å². The molecule has 2 rings (SSSR count). The number of nitrogens with one attached hydrogen (secondary N) is 1. The Hall–Kier alpha value is -1.28. The average Bonchev–Trinajstić information content (AvgIpc) is 2.33. The van der Waals surface area contributed by atoms with Gasteiger partial charge in [-0.3, -0.25) is 0 Å². The van der Waals surface area contributed by atoms with E-state index in [4.69, 9.17) is 0 Å². The summed E-state index contributed by atoms with van der Waals surface area (Å²) >= 11 is 0. The molecule has 2 nitrogen and oxygen atoms in total. The summed E-state index contributed by atoms with van der Waals surface area (Å²) in [5, 5.41) is 13.0. The van der Waals surface area contributed by atoms with Crippen molar-refractivity contribution < 1.29 is 5.11 Å². The van der Waals surface area contributed by atoms with Crippen LogP contribution >= 0.6 is 0 Å². The number of hydrogen-bond donors (Lipinski definition) is 2. The van der Waals surface area contributed by atoms with E-state index in [1.54, 1.807) is 6.07 Å². The lowest BCUT2D eigenvalue weighted by Crippen LogP contribution is -2.23. The third-order valence-electron chi connectivity index (χ3n) is 3.12. The minimum atomic E-state index is 0.388. The maximum Gasteiger partial charge on any atom is 0.120 e. The van der Waals surface area contributed by atoms with Gasteiger partial charge in [-0.15, -0.1) is 0 Å². The van der Waals surface area contributed by atoms with Crippen molar-refractivity contribution in [2.75, 3.05) is 6.54 Å². The van der Waals surface area contributed by atoms with Crippen LogP contribution in [0.15, 0.2) is 36.4 Å². The van der Waals surface area contributed by atoms with E-state index in [0.29, 0.717) is 5.75 Å². The molecule has 86 valence electrons. The van der Waals surface area contributed by atoms with Gasteiger partial charge in [0.25, 0.3) is 0 Å². The van der Waals surface area contributed by atoms with E-state index in [2.05, 4.69) is 17.5 Å². The number of para-hydroxylation sites is 1. The van der Waals surface area contributed by atoms with Crippen LogP contribution in [-0.4, -0.2) is 11.7 Å². The van der Waals surface area contributed by atoms with Gasteiger partial charge in [0.1, 0.15) is 5.75 Å². The van der Waals surface area contributed by atoms with Gasteiger partial charge in [-0.2, -0.15) is 0 Å². The third kappa shape index (κ3) is 3.11. The van der Waals surface area contributed by atoms with Crippen molar-refractivity contribution in [1.82, 2.24) is 5.32 Å². The van der Waals surface area contributed by atoms with Crippen molar-refractivity contribution in [3.8, 4) is 5.75 Å². The van der Waals surface area contributed by atoms with Crippen molar-refractivity contribution in [3.05, 3.63) is 42.0 Å². The average molecular weight is 217 g/mol. The van der Waals surface area contributed by atoms with E-state index >= 15 is 0 Å². The fraction of sp³-hybridized carbons (Fsp3) is 0.429. The first-order valence-corrected chi connectivity index (χ1v) is 5.99. The summed E-state index contributed by atoms with van der Waals surface area (Å²) in [6, 6.07) is 7.51. The summed E-state index contributed by atoms with van der Waals surface area (Å²) in [4.78, 5) is 0. The molecular formula is C14H19NO. The Morgan fingerprint density at radius 1 is 1.25 bits per heavy atom. The smallest absolute Gasteiger partial charge is 0.120 e. The predicted octanol–water partition coefficient (Wildman–Crippen LogP) is 2.84. The summed E-state index contributed by atoms with van der Waals surface area (Å²) in [5.41, 5.74) is 0.980. The molecule has 0 fully saturated rings. The molecule has 1 aliphatic rings. The van der Waals surface area contributed by atoms with Crippen molar-refractivity contribution in [3.63, 3.8) is 0 Å². The lowest BCUT2D eigenvalue weighted by Gasteiger charge is -2.18. The molecule has 2 N–H and O–H groups in total. The lowest BCUT2D eigenvalue weighted by atomic mass is 9.94. The van der Waals surface area contributed by atoms with Crippen LogP contribution in [0.2, 0.25) is 0 Å². The van der Waals surface area contributed by atoms with E-state index in [0.717, 1.165) is 24.6 Å². The molecule has 2 heteroatoms. The van der Waals surface area contributed by atoms with Crippen molar-refractivity contribution in [1.29, 1.82) is 0 Å². The van der Waals surface area contributed by atoms with E-state index in [-0.39, 0.29) is 0 Å². The van der Waals surface area contributed by atoms with Gasteiger partial charge in [0.15, 0.2) is 0 Å². The Morgan fingerprint density at radius 3 is 2.88 bits per heavy atom. The van der Waals surface area contributed by atoms with E-state index in [9.17, 15) is 5.11 Å². The first-order valence-electron chi connectivity index (χ1n) is 5.99. The highest BCUT2D eigenvalue weighted by molar-refractivity contribution is 5.31. The molecule has 0 spiro atoms. The van der Waals surface area contributed by atoms with Gasteiger partial charge in [-0.1, -0.05) is 30.4 Å². The van der Waals surface area contributed by atoms with Crippen LogP contribution < -0.4 is 5.32 Å². The molecule has 0 amide bonds. The van der Waals surface area contributed by atoms with E-state index < -0.39 is 0 Å². The molecule has 1 unspecified atom stereocenters. The Balaban J connectivity index is 1.75. The van der Waals surface area contributed by atoms with Crippen LogP contribution in [0, 0.1) is 5.92 Å². The van der Waals surface area contributed by atoms with Gasteiger partial charge < -0.3 is 10.4 Å². The van der Waals surface area contributed by atoms with Gasteiger partial charge in [0.2, 0.25) is 0 Å². The molecule has 0 heterocycles. The minimum absolute atomic E-state index is 0.388. The molecule has 1 aromatic carbocycles. The van der Waals surface area contributed by atoms with E-state index in [1.165, 1.54) is 19.3 Å². The maximum absolute atomic E-state index is 9.60. The molecule has 0 saturated heterocycles. The maximum atomic E-state index is 9.60. The summed E-state index contributed by atoms with van der Waals surface area (Å²) in [5.74, 6) is 1.15. The standard InChI is InChI=1S/C14H19NO/c16-14-9-5-4-8-13(14)11-15-10-12-6-2-1-3-7-12/h1-2,4-5,8-9,12,15-16H,3,6-7,10-11H2. The Kier molecular flexibility index (Phi) is 4.00. The van der Waals surface area contributed by atoms with Crippen LogP contribution in [-0.2, 0) is 6.54 Å². The third-order valence-corrected chi connectivity index (χ3v) is 3.12. The second-order valence-electron chi connectivity index (χ2n) is 4.41. The van der Waals surface area contributed by atoms with Crippen molar-refractivity contribution in [2.24, 2.45) is 5.92 Å². The summed E-state index contributed by atoms with van der Waals surface area (Å²) in [6.07, 6.45) is 8.22. The Labute approximate surface area is 97.0 Å². The fourth-order valence-corrected chi connectivity index (χ4v) is 2.11. The van der Waals surface area contributed by atoms with Gasteiger partial charge in [0, 0.05) is 12.1 Å². The highest BCUT2D eigenvalue weighted by Crippen LogP contribution is 2.18. The van der Waals surface area contributed by atoms with Crippen LogP contribution in [0.25, 0.3) is 0 Å². The first kappa shape index (κ1) is 11.2. The molecule has 1 aromatic rings. The SMILES string of the molecule is Oc1ccccc1CNCC1CC=CCC1. The first-order chi connectivity index (χ1) is 7.86. The molecule has 0 bridgehead atoms. The molecule has 0 aliphatic heterocycles. The number of rotatable bonds is 4. The normalized spacial score (nSPS) is 19.9. The second kappa shape index (κ2) is 5.71. The zero-order valence-electron chi connectivity index (χ0n) is 9.52. The molecule has 0 radical (unpaired) electrons. The molecule has 1 atom stereocenters. The quantitative estimate of drug-likeness (QED) is 0.760. The number of aromatic hydroxyl groups is 1. The Morgan fingerprint density at radius 2 is 2.12 bits per heavy atom. The van der Waals surface area contributed by atoms with Crippen LogP contribution in [0.3, 0.4) is 0 Å². The lowest BCUT2D eigenvalue weighted by molar-refractivity contribution is 0.431. The molecule has 16 heavy (non-hydrogen) atoms. The van der Waals surface area contributed by atoms with Crippen molar-refractivity contribution in [2.45, 2.75) is 25.8 Å². The highest BCUT2D eigenvalue weighted by Gasteiger charge is 2.09. The molecule has 0 aromatic heterocycles. The summed E-state index contributed by atoms with van der Waals surface area (Å²) in [7, 11) is 0. The number of benzene rings is 1. The van der Waals surface area contributed by atoms with Crippen molar-refractivity contribution >= 4 is 0 Å². The number of phenolic OH excluding ortho intramolecular Hbond substituents is 1. The zero-order valence-corrected chi connectivity index (χ0v) is 9.52. The topological polar surface area (TPSA) is 32.3 Å². The van der Waals surface area contributed by atoms with Gasteiger partial charge in [-0.05, 0) is 37.8 Å². The largest absolute Gasteiger partial charge is 0.508 e. The monoisotopic (exact) mass is 217 g/mol. The highest BCUT2D eigenvalue weighted by atomic mass is 16.3. The zero-order chi connectivity index (χ0) is 11.2. The van der Waals surface area contributed by atoms with Gasteiger partial charge in [0.05, 0.1) is 0 Å². The Bertz CT molecular complexity index is 360. The minimum Gasteiger partial charge on any atom is -0.508 e. The second-order valence-corrected chi connectivity index (χ2v) is 4.41. The molecular weight excluding hydrogens is 198 g/mol. The number of hydrogen-bond acceptors (Lipinski definition) is 2. The fourth-order valence-electron chi connectivity index (χ4n) is 2.11. The summed E-state index contributed by atoms with van der Waals surface area (Å²) in [6.45, 7) is 1.80. The summed E-state index contributed by atoms with van der Waals surface area (Å²) < 4.78 is 0. The molecule has 0 saturated carbocycles. The molecule has 1 aliphatic carbocycles. The number of allylic oxidation sites excluding steroid dienone is 2. The van der Waals surface area contributed by atoms with Gasteiger partial charge in [-0.25, -0.2) is 0 Å². The van der Waals surface area contributed by atoms with Crippen LogP contribution in [0.1, 0.15) is 24.8 Å². The van der Waals surface area contributed by atoms with E-state index in [1.807, 2.05) is 18.2 Å². The predicted molar refractivity (Wildman–Crippen MR) is 66.3 cm³/mol. The van der Waals surface area contributed by atoms with Gasteiger partial charge >= 0.3 is 0 Å². The number of phenols is 1.